The summed E-state index contributed by atoms with van der Waals surface area (Å²) in [5.74, 6) is -0.513. The maximum atomic E-state index is 13.4. The zero-order valence-electron chi connectivity index (χ0n) is 19.0. The zero-order chi connectivity index (χ0) is 24.4. The molecule has 0 radical (unpaired) electrons. The molecule has 0 fully saturated rings. The summed E-state index contributed by atoms with van der Waals surface area (Å²) >= 11 is 7.61. The molecule has 1 heterocycles. The van der Waals surface area contributed by atoms with Crippen molar-refractivity contribution in [1.82, 2.24) is 4.57 Å². The van der Waals surface area contributed by atoms with Gasteiger partial charge in [-0.2, -0.15) is 0 Å². The lowest BCUT2D eigenvalue weighted by Crippen LogP contribution is -2.16. The summed E-state index contributed by atoms with van der Waals surface area (Å²) in [6.45, 7) is 3.31. The van der Waals surface area contributed by atoms with Crippen molar-refractivity contribution < 1.29 is 14.4 Å². The van der Waals surface area contributed by atoms with Crippen LogP contribution in [0.25, 0.3) is 10.9 Å². The van der Waals surface area contributed by atoms with Crippen LogP contribution < -0.4 is 5.32 Å². The van der Waals surface area contributed by atoms with E-state index in [1.54, 1.807) is 58.8 Å². The van der Waals surface area contributed by atoms with Crippen LogP contribution in [0.2, 0.25) is 5.02 Å². The van der Waals surface area contributed by atoms with Crippen LogP contribution in [-0.4, -0.2) is 28.4 Å². The van der Waals surface area contributed by atoms with Gasteiger partial charge in [-0.05, 0) is 92.4 Å². The number of thioether (sulfide) groups is 1. The molecule has 0 bridgehead atoms. The van der Waals surface area contributed by atoms with Crippen molar-refractivity contribution in [2.24, 2.45) is 0 Å². The Hall–Kier alpha value is -3.35. The third kappa shape index (κ3) is 4.79. The second-order valence-corrected chi connectivity index (χ2v) is 9.27. The normalized spacial score (nSPS) is 10.9. The van der Waals surface area contributed by atoms with E-state index in [1.807, 2.05) is 37.4 Å². The van der Waals surface area contributed by atoms with E-state index < -0.39 is 0 Å². The number of anilines is 1. The van der Waals surface area contributed by atoms with Gasteiger partial charge in [-0.15, -0.1) is 11.8 Å². The quantitative estimate of drug-likeness (QED) is 0.251. The number of carbonyl (C=O) groups excluding carboxylic acids is 3. The summed E-state index contributed by atoms with van der Waals surface area (Å²) in [7, 11) is 0. The largest absolute Gasteiger partial charge is 0.326 e. The number of halogens is 1. The molecule has 5 nitrogen and oxygen atoms in total. The van der Waals surface area contributed by atoms with Crippen molar-refractivity contribution in [2.45, 2.75) is 25.2 Å². The summed E-state index contributed by atoms with van der Waals surface area (Å²) in [6, 6.07) is 19.5. The van der Waals surface area contributed by atoms with Gasteiger partial charge >= 0.3 is 0 Å². The van der Waals surface area contributed by atoms with E-state index in [4.69, 9.17) is 11.6 Å². The Bertz CT molecular complexity index is 1410. The maximum absolute atomic E-state index is 13.4. The van der Waals surface area contributed by atoms with Crippen molar-refractivity contribution in [3.8, 4) is 0 Å². The van der Waals surface area contributed by atoms with Gasteiger partial charge < -0.3 is 5.32 Å². The lowest BCUT2D eigenvalue weighted by Gasteiger charge is -2.09. The Balaban J connectivity index is 1.75. The highest BCUT2D eigenvalue weighted by Crippen LogP contribution is 2.29. The van der Waals surface area contributed by atoms with Crippen molar-refractivity contribution in [3.63, 3.8) is 0 Å². The smallest absolute Gasteiger partial charge is 0.262 e. The van der Waals surface area contributed by atoms with Crippen LogP contribution in [0.5, 0.6) is 0 Å². The predicted octanol–water partition coefficient (Wildman–Crippen LogP) is 6.40. The first kappa shape index (κ1) is 23.8. The van der Waals surface area contributed by atoms with E-state index in [2.05, 4.69) is 5.32 Å². The minimum atomic E-state index is -0.228. The number of carbonyl (C=O) groups is 3. The number of amides is 1. The van der Waals surface area contributed by atoms with Gasteiger partial charge in [0.05, 0.1) is 11.9 Å². The van der Waals surface area contributed by atoms with Crippen LogP contribution in [0.15, 0.2) is 71.6 Å². The third-order valence-corrected chi connectivity index (χ3v) is 6.74. The van der Waals surface area contributed by atoms with Gasteiger partial charge in [0.15, 0.2) is 5.78 Å². The first-order chi connectivity index (χ1) is 16.3. The first-order valence-electron chi connectivity index (χ1n) is 10.7. The minimum Gasteiger partial charge on any atom is -0.326 e. The Kier molecular flexibility index (Phi) is 6.91. The molecule has 7 heteroatoms. The standard InChI is InChI=1S/C27H23ClN2O3S/c1-16-23(15-26(32)29-21-9-11-22(34-3)12-10-21)24-14-19(17(2)31)6-13-25(24)30(16)27(33)18-4-7-20(28)8-5-18/h4-14H,15H2,1-3H3,(H,29,32). The highest BCUT2D eigenvalue weighted by Gasteiger charge is 2.22. The van der Waals surface area contributed by atoms with E-state index in [-0.39, 0.29) is 24.0 Å². The van der Waals surface area contributed by atoms with Crippen molar-refractivity contribution in [2.75, 3.05) is 11.6 Å². The fraction of sp³-hybridized carbons (Fsp3) is 0.148. The van der Waals surface area contributed by atoms with Crippen LogP contribution in [0.1, 0.15) is 38.9 Å². The Labute approximate surface area is 207 Å². The van der Waals surface area contributed by atoms with Crippen LogP contribution in [0.4, 0.5) is 5.69 Å². The predicted molar refractivity (Wildman–Crippen MR) is 138 cm³/mol. The maximum Gasteiger partial charge on any atom is 0.262 e. The molecule has 0 unspecified atom stereocenters. The number of benzene rings is 3. The molecule has 4 rings (SSSR count). The van der Waals surface area contributed by atoms with Crippen LogP contribution in [0, 0.1) is 6.92 Å². The number of ketones is 1. The molecule has 34 heavy (non-hydrogen) atoms. The van der Waals surface area contributed by atoms with Gasteiger partial charge in [-0.3, -0.25) is 19.0 Å². The van der Waals surface area contributed by atoms with Crippen LogP contribution >= 0.6 is 23.4 Å². The number of nitrogens with zero attached hydrogens (tertiary/aromatic N) is 1. The molecule has 1 N–H and O–H groups in total. The molecule has 0 spiro atoms. The highest BCUT2D eigenvalue weighted by molar-refractivity contribution is 7.98. The number of Topliss-reactive ketones (excluding diaryl/α,β-unsaturated/α-hetero) is 1. The molecule has 0 aliphatic carbocycles. The van der Waals surface area contributed by atoms with E-state index in [1.165, 1.54) is 6.92 Å². The summed E-state index contributed by atoms with van der Waals surface area (Å²) in [6.07, 6.45) is 2.06. The van der Waals surface area contributed by atoms with E-state index in [0.29, 0.717) is 44.0 Å². The Morgan fingerprint density at radius 1 is 0.941 bits per heavy atom. The number of rotatable bonds is 6. The van der Waals surface area contributed by atoms with Crippen molar-refractivity contribution in [3.05, 3.63) is 94.1 Å². The van der Waals surface area contributed by atoms with Gasteiger partial charge in [-0.25, -0.2) is 0 Å². The average Bonchev–Trinajstić information content (AvgIpc) is 3.10. The molecule has 1 aromatic heterocycles. The number of fused-ring (bicyclic) bond motifs is 1. The molecule has 1 amide bonds. The number of hydrogen-bond donors (Lipinski definition) is 1. The van der Waals surface area contributed by atoms with Gasteiger partial charge in [0.2, 0.25) is 5.91 Å². The first-order valence-corrected chi connectivity index (χ1v) is 12.3. The van der Waals surface area contributed by atoms with Gasteiger partial charge in [0.25, 0.3) is 5.91 Å². The number of nitrogens with one attached hydrogen (secondary N) is 1. The monoisotopic (exact) mass is 490 g/mol. The molecular formula is C27H23ClN2O3S. The topological polar surface area (TPSA) is 68.2 Å². The van der Waals surface area contributed by atoms with E-state index in [0.717, 1.165) is 4.90 Å². The van der Waals surface area contributed by atoms with E-state index in [9.17, 15) is 14.4 Å². The molecule has 0 saturated heterocycles. The molecule has 3 aromatic carbocycles. The van der Waals surface area contributed by atoms with Gasteiger partial charge in [0.1, 0.15) is 0 Å². The molecule has 0 atom stereocenters. The molecular weight excluding hydrogens is 468 g/mol. The molecule has 4 aromatic rings. The second kappa shape index (κ2) is 9.87. The molecule has 172 valence electrons. The average molecular weight is 491 g/mol. The summed E-state index contributed by atoms with van der Waals surface area (Å²) in [5, 5.41) is 4.17. The lowest BCUT2D eigenvalue weighted by molar-refractivity contribution is -0.115. The number of hydrogen-bond acceptors (Lipinski definition) is 4. The summed E-state index contributed by atoms with van der Waals surface area (Å²) in [5.41, 5.74) is 3.71. The fourth-order valence-electron chi connectivity index (χ4n) is 3.95. The molecule has 0 saturated carbocycles. The Morgan fingerprint density at radius 3 is 2.21 bits per heavy atom. The third-order valence-electron chi connectivity index (χ3n) is 5.75. The lowest BCUT2D eigenvalue weighted by atomic mass is 10.0. The second-order valence-electron chi connectivity index (χ2n) is 7.95. The summed E-state index contributed by atoms with van der Waals surface area (Å²) in [4.78, 5) is 39.5. The minimum absolute atomic E-state index is 0.0644. The fourth-order valence-corrected chi connectivity index (χ4v) is 4.48. The van der Waals surface area contributed by atoms with Gasteiger partial charge in [0, 0.05) is 37.8 Å². The zero-order valence-corrected chi connectivity index (χ0v) is 20.6. The SMILES string of the molecule is CSc1ccc(NC(=O)Cc2c(C)n(C(=O)c3ccc(Cl)cc3)c3ccc(C(C)=O)cc23)cc1. The number of aromatic nitrogens is 1. The van der Waals surface area contributed by atoms with E-state index >= 15 is 0 Å². The Morgan fingerprint density at radius 2 is 1.59 bits per heavy atom. The van der Waals surface area contributed by atoms with Crippen molar-refractivity contribution >= 4 is 57.6 Å². The molecule has 0 aliphatic heterocycles. The molecule has 0 aliphatic rings. The van der Waals surface area contributed by atoms with Crippen LogP contribution in [-0.2, 0) is 11.2 Å². The summed E-state index contributed by atoms with van der Waals surface area (Å²) < 4.78 is 1.60. The highest BCUT2D eigenvalue weighted by atomic mass is 35.5. The van der Waals surface area contributed by atoms with Gasteiger partial charge in [-0.1, -0.05) is 11.6 Å². The van der Waals surface area contributed by atoms with Crippen LogP contribution in [0.3, 0.4) is 0 Å². The van der Waals surface area contributed by atoms with Crippen molar-refractivity contribution in [1.29, 1.82) is 0 Å².